The number of methoxy groups -OCH3 is 1. The van der Waals surface area contributed by atoms with Crippen LogP contribution in [0.15, 0.2) is 42.5 Å². The van der Waals surface area contributed by atoms with Gasteiger partial charge in [-0.15, -0.1) is 0 Å². The number of benzene rings is 2. The molecular formula is C23H21Cl2FN2O6. The highest BCUT2D eigenvalue weighted by molar-refractivity contribution is 6.30. The summed E-state index contributed by atoms with van der Waals surface area (Å²) < 4.78 is 28.9. The van der Waals surface area contributed by atoms with E-state index in [9.17, 15) is 18.8 Å². The number of hydrogen-bond donors (Lipinski definition) is 2. The van der Waals surface area contributed by atoms with Crippen molar-refractivity contribution in [1.82, 2.24) is 10.6 Å². The Labute approximate surface area is 204 Å². The summed E-state index contributed by atoms with van der Waals surface area (Å²) in [5.74, 6) is -1.82. The lowest BCUT2D eigenvalue weighted by Crippen LogP contribution is -2.84. The van der Waals surface area contributed by atoms with Crippen LogP contribution in [0.4, 0.5) is 4.39 Å². The third-order valence-corrected chi connectivity index (χ3v) is 6.41. The Bertz CT molecular complexity index is 1120. The fourth-order valence-corrected chi connectivity index (χ4v) is 4.70. The van der Waals surface area contributed by atoms with Crippen molar-refractivity contribution in [3.05, 3.63) is 58.9 Å². The molecule has 0 heterocycles. The third kappa shape index (κ3) is 4.90. The van der Waals surface area contributed by atoms with Gasteiger partial charge in [0.05, 0.1) is 12.1 Å². The Kier molecular flexibility index (Phi) is 6.60. The second-order valence-corrected chi connectivity index (χ2v) is 9.22. The molecule has 5 rings (SSSR count). The molecule has 2 amide bonds. The average molecular weight is 511 g/mol. The van der Waals surface area contributed by atoms with Crippen LogP contribution in [0.5, 0.6) is 11.5 Å². The Morgan fingerprint density at radius 2 is 1.76 bits per heavy atom. The van der Waals surface area contributed by atoms with Gasteiger partial charge in [-0.2, -0.15) is 0 Å². The lowest BCUT2D eigenvalue weighted by Gasteiger charge is -2.70. The van der Waals surface area contributed by atoms with E-state index in [2.05, 4.69) is 10.6 Å². The largest absolute Gasteiger partial charge is 0.484 e. The van der Waals surface area contributed by atoms with E-state index in [1.807, 2.05) is 0 Å². The lowest BCUT2D eigenvalue weighted by atomic mass is 9.44. The SMILES string of the molecule is COC(=O)c1ccccc1OC(Cl)C(=O)NC12CC(NC(=O)COc3ccc(Cl)c(F)c3)(C1)C2. The second kappa shape index (κ2) is 9.31. The number of nitrogens with one attached hydrogen (secondary N) is 2. The highest BCUT2D eigenvalue weighted by Crippen LogP contribution is 2.60. The molecule has 2 N–H and O–H groups in total. The van der Waals surface area contributed by atoms with Gasteiger partial charge in [-0.25, -0.2) is 9.18 Å². The van der Waals surface area contributed by atoms with E-state index in [1.54, 1.807) is 12.1 Å². The summed E-state index contributed by atoms with van der Waals surface area (Å²) in [5.41, 5.74) is -2.10. The van der Waals surface area contributed by atoms with Crippen LogP contribution in [0.1, 0.15) is 29.6 Å². The van der Waals surface area contributed by atoms with E-state index >= 15 is 0 Å². The molecule has 34 heavy (non-hydrogen) atoms. The monoisotopic (exact) mass is 510 g/mol. The van der Waals surface area contributed by atoms with Gasteiger partial charge in [0.25, 0.3) is 11.8 Å². The number of halogens is 3. The summed E-state index contributed by atoms with van der Waals surface area (Å²) in [6, 6.07) is 10.2. The van der Waals surface area contributed by atoms with Gasteiger partial charge in [0.2, 0.25) is 5.56 Å². The van der Waals surface area contributed by atoms with Gasteiger partial charge >= 0.3 is 5.97 Å². The molecule has 0 aromatic heterocycles. The van der Waals surface area contributed by atoms with Crippen LogP contribution in [-0.4, -0.2) is 48.1 Å². The molecule has 2 aromatic rings. The smallest absolute Gasteiger partial charge is 0.341 e. The zero-order chi connectivity index (χ0) is 24.5. The number of ether oxygens (including phenoxy) is 3. The van der Waals surface area contributed by atoms with Crippen molar-refractivity contribution in [3.8, 4) is 11.5 Å². The number of alkyl halides is 1. The van der Waals surface area contributed by atoms with Crippen molar-refractivity contribution in [3.63, 3.8) is 0 Å². The van der Waals surface area contributed by atoms with E-state index < -0.39 is 34.3 Å². The average Bonchev–Trinajstić information content (AvgIpc) is 2.77. The number of rotatable bonds is 9. The van der Waals surface area contributed by atoms with E-state index in [4.69, 9.17) is 37.4 Å². The summed E-state index contributed by atoms with van der Waals surface area (Å²) in [4.78, 5) is 36.6. The summed E-state index contributed by atoms with van der Waals surface area (Å²) in [6.45, 7) is -0.278. The van der Waals surface area contributed by atoms with Crippen LogP contribution in [0, 0.1) is 5.82 Å². The molecule has 11 heteroatoms. The summed E-state index contributed by atoms with van der Waals surface area (Å²) in [5, 5.41) is 5.73. The summed E-state index contributed by atoms with van der Waals surface area (Å²) in [7, 11) is 1.24. The quantitative estimate of drug-likeness (QED) is 0.396. The van der Waals surface area contributed by atoms with Crippen LogP contribution >= 0.6 is 23.2 Å². The standard InChI is InChI=1S/C23H21Cl2FN2O6/c1-32-21(31)14-4-2-3-5-17(14)34-19(25)20(30)28-23-10-22(11-23,12-23)27-18(29)9-33-13-6-7-15(24)16(26)8-13/h2-8,19H,9-12H2,1H3,(H,27,29)(H,28,30). The minimum atomic E-state index is -1.36. The number of carbonyl (C=O) groups is 3. The van der Waals surface area contributed by atoms with Crippen LogP contribution < -0.4 is 20.1 Å². The number of hydrogen-bond acceptors (Lipinski definition) is 6. The first kappa shape index (κ1) is 24.1. The van der Waals surface area contributed by atoms with E-state index in [0.29, 0.717) is 19.3 Å². The zero-order valence-corrected chi connectivity index (χ0v) is 19.5. The molecule has 1 unspecified atom stereocenters. The highest BCUT2D eigenvalue weighted by atomic mass is 35.5. The number of amides is 2. The van der Waals surface area contributed by atoms with Crippen molar-refractivity contribution in [2.24, 2.45) is 0 Å². The van der Waals surface area contributed by atoms with Gasteiger partial charge in [0.1, 0.15) is 22.9 Å². The predicted octanol–water partition coefficient (Wildman–Crippen LogP) is 3.20. The van der Waals surface area contributed by atoms with Gasteiger partial charge in [-0.1, -0.05) is 35.3 Å². The minimum absolute atomic E-state index is 0.0322. The Hall–Kier alpha value is -3.04. The molecule has 0 aliphatic heterocycles. The first-order valence-corrected chi connectivity index (χ1v) is 11.1. The topological polar surface area (TPSA) is 103 Å². The molecule has 2 aromatic carbocycles. The first-order valence-electron chi connectivity index (χ1n) is 10.3. The molecule has 1 atom stereocenters. The summed E-state index contributed by atoms with van der Waals surface area (Å²) in [6.07, 6.45) is 1.61. The first-order chi connectivity index (χ1) is 16.1. The number of carbonyl (C=O) groups excluding carboxylic acids is 3. The summed E-state index contributed by atoms with van der Waals surface area (Å²) >= 11 is 11.7. The molecule has 3 saturated carbocycles. The molecule has 3 aliphatic carbocycles. The fraction of sp³-hybridized carbons (Fsp3) is 0.348. The molecule has 0 saturated heterocycles. The molecule has 0 radical (unpaired) electrons. The van der Waals surface area contributed by atoms with Crippen LogP contribution in [0.2, 0.25) is 5.02 Å². The van der Waals surface area contributed by atoms with Crippen molar-refractivity contribution in [2.45, 2.75) is 35.9 Å². The van der Waals surface area contributed by atoms with Crippen LogP contribution in [0.3, 0.4) is 0 Å². The number of para-hydroxylation sites is 1. The Balaban J connectivity index is 1.23. The van der Waals surface area contributed by atoms with Crippen molar-refractivity contribution in [1.29, 1.82) is 0 Å². The zero-order valence-electron chi connectivity index (χ0n) is 18.0. The van der Waals surface area contributed by atoms with E-state index in [-0.39, 0.29) is 34.6 Å². The van der Waals surface area contributed by atoms with Crippen LogP contribution in [-0.2, 0) is 14.3 Å². The normalized spacial score (nSPS) is 22.9. The van der Waals surface area contributed by atoms with E-state index in [1.165, 1.54) is 31.4 Å². The van der Waals surface area contributed by atoms with Gasteiger partial charge in [0.15, 0.2) is 6.61 Å². The number of esters is 1. The maximum absolute atomic E-state index is 13.5. The molecule has 2 bridgehead atoms. The van der Waals surface area contributed by atoms with Crippen molar-refractivity contribution < 1.29 is 33.0 Å². The Morgan fingerprint density at radius 1 is 1.09 bits per heavy atom. The molecule has 3 fully saturated rings. The Morgan fingerprint density at radius 3 is 2.44 bits per heavy atom. The van der Waals surface area contributed by atoms with Gasteiger partial charge in [-0.05, 0) is 43.5 Å². The minimum Gasteiger partial charge on any atom is -0.484 e. The lowest BCUT2D eigenvalue weighted by molar-refractivity contribution is -0.152. The predicted molar refractivity (Wildman–Crippen MR) is 121 cm³/mol. The van der Waals surface area contributed by atoms with Gasteiger partial charge in [0, 0.05) is 17.1 Å². The molecule has 3 aliphatic rings. The molecule has 0 spiro atoms. The molecule has 8 nitrogen and oxygen atoms in total. The van der Waals surface area contributed by atoms with Gasteiger partial charge < -0.3 is 24.8 Å². The maximum Gasteiger partial charge on any atom is 0.341 e. The fourth-order valence-electron chi connectivity index (χ4n) is 4.43. The van der Waals surface area contributed by atoms with Crippen molar-refractivity contribution >= 4 is 41.0 Å². The van der Waals surface area contributed by atoms with E-state index in [0.717, 1.165) is 6.07 Å². The highest BCUT2D eigenvalue weighted by Gasteiger charge is 2.69. The van der Waals surface area contributed by atoms with Crippen molar-refractivity contribution in [2.75, 3.05) is 13.7 Å². The second-order valence-electron chi connectivity index (χ2n) is 8.41. The molecular weight excluding hydrogens is 490 g/mol. The molecule has 180 valence electrons. The maximum atomic E-state index is 13.5. The van der Waals surface area contributed by atoms with Crippen LogP contribution in [0.25, 0.3) is 0 Å². The van der Waals surface area contributed by atoms with Gasteiger partial charge in [-0.3, -0.25) is 9.59 Å². The third-order valence-electron chi connectivity index (χ3n) is 5.81.